The number of rotatable bonds is 4. The van der Waals surface area contributed by atoms with E-state index in [2.05, 4.69) is 15.6 Å². The smallest absolute Gasteiger partial charge is 0.274 e. The maximum absolute atomic E-state index is 12.4. The van der Waals surface area contributed by atoms with Crippen LogP contribution in [0.4, 0.5) is 0 Å². The molecule has 1 aliphatic heterocycles. The first kappa shape index (κ1) is 14.8. The zero-order valence-electron chi connectivity index (χ0n) is 13.0. The van der Waals surface area contributed by atoms with Crippen LogP contribution in [0.3, 0.4) is 0 Å². The zero-order chi connectivity index (χ0) is 15.5. The van der Waals surface area contributed by atoms with Gasteiger partial charge in [0.15, 0.2) is 0 Å². The lowest BCUT2D eigenvalue weighted by Crippen LogP contribution is -2.32. The van der Waals surface area contributed by atoms with E-state index in [4.69, 9.17) is 4.52 Å². The van der Waals surface area contributed by atoms with Gasteiger partial charge in [-0.1, -0.05) is 5.16 Å². The molecule has 0 saturated carbocycles. The molecule has 2 aromatic heterocycles. The van der Waals surface area contributed by atoms with Crippen molar-refractivity contribution in [2.45, 2.75) is 32.4 Å². The van der Waals surface area contributed by atoms with Gasteiger partial charge < -0.3 is 14.7 Å². The van der Waals surface area contributed by atoms with Crippen molar-refractivity contribution < 1.29 is 9.32 Å². The predicted molar refractivity (Wildman–Crippen MR) is 80.4 cm³/mol. The standard InChI is InChI=1S/C15H21N5O2/c1-11-8-12(18-22-11)10-19(2)15(21)14-5-7-20(17-14)13-4-3-6-16-9-13/h5,7-8,13,16H,3-4,6,9-10H2,1-2H3. The highest BCUT2D eigenvalue weighted by molar-refractivity contribution is 5.91. The Hall–Kier alpha value is -2.15. The van der Waals surface area contributed by atoms with Crippen LogP contribution in [0.15, 0.2) is 22.9 Å². The second-order valence-corrected chi connectivity index (χ2v) is 5.77. The minimum Gasteiger partial charge on any atom is -0.361 e. The molecular weight excluding hydrogens is 282 g/mol. The van der Waals surface area contributed by atoms with Gasteiger partial charge in [0.05, 0.1) is 12.6 Å². The SMILES string of the molecule is Cc1cc(CN(C)C(=O)c2ccn(C3CCCNC3)n2)no1. The molecule has 0 aromatic carbocycles. The van der Waals surface area contributed by atoms with Crippen molar-refractivity contribution >= 4 is 5.91 Å². The van der Waals surface area contributed by atoms with Gasteiger partial charge in [0.2, 0.25) is 0 Å². The number of carbonyl (C=O) groups is 1. The molecular formula is C15H21N5O2. The van der Waals surface area contributed by atoms with E-state index in [1.165, 1.54) is 0 Å². The van der Waals surface area contributed by atoms with Crippen LogP contribution in [0, 0.1) is 6.92 Å². The van der Waals surface area contributed by atoms with E-state index in [1.54, 1.807) is 18.0 Å². The number of nitrogens with zero attached hydrogens (tertiary/aromatic N) is 4. The number of amides is 1. The maximum atomic E-state index is 12.4. The lowest BCUT2D eigenvalue weighted by molar-refractivity contribution is 0.0775. The Kier molecular flexibility index (Phi) is 4.24. The van der Waals surface area contributed by atoms with Crippen LogP contribution in [0.2, 0.25) is 0 Å². The lowest BCUT2D eigenvalue weighted by Gasteiger charge is -2.23. The van der Waals surface area contributed by atoms with Crippen LogP contribution in [0.1, 0.15) is 40.8 Å². The lowest BCUT2D eigenvalue weighted by atomic mass is 10.1. The number of carbonyl (C=O) groups excluding carboxylic acids is 1. The van der Waals surface area contributed by atoms with Crippen molar-refractivity contribution in [3.05, 3.63) is 35.5 Å². The fourth-order valence-electron chi connectivity index (χ4n) is 2.72. The normalized spacial score (nSPS) is 18.4. The van der Waals surface area contributed by atoms with Crippen molar-refractivity contribution in [2.75, 3.05) is 20.1 Å². The van der Waals surface area contributed by atoms with E-state index in [-0.39, 0.29) is 5.91 Å². The number of nitrogens with one attached hydrogen (secondary N) is 1. The van der Waals surface area contributed by atoms with Crippen LogP contribution < -0.4 is 5.32 Å². The van der Waals surface area contributed by atoms with E-state index in [0.29, 0.717) is 18.3 Å². The number of aromatic nitrogens is 3. The summed E-state index contributed by atoms with van der Waals surface area (Å²) in [5.74, 6) is 0.632. The molecule has 1 unspecified atom stereocenters. The van der Waals surface area contributed by atoms with Gasteiger partial charge in [-0.3, -0.25) is 9.48 Å². The van der Waals surface area contributed by atoms with Crippen LogP contribution in [0.5, 0.6) is 0 Å². The maximum Gasteiger partial charge on any atom is 0.274 e. The summed E-state index contributed by atoms with van der Waals surface area (Å²) in [6.07, 6.45) is 4.12. The predicted octanol–water partition coefficient (Wildman–Crippen LogP) is 1.38. The molecule has 0 radical (unpaired) electrons. The first-order chi connectivity index (χ1) is 10.6. The second-order valence-electron chi connectivity index (χ2n) is 5.77. The van der Waals surface area contributed by atoms with Gasteiger partial charge in [-0.2, -0.15) is 5.10 Å². The minimum atomic E-state index is -0.108. The van der Waals surface area contributed by atoms with Crippen molar-refractivity contribution in [3.63, 3.8) is 0 Å². The van der Waals surface area contributed by atoms with Crippen molar-refractivity contribution in [1.29, 1.82) is 0 Å². The summed E-state index contributed by atoms with van der Waals surface area (Å²) in [5, 5.41) is 11.7. The summed E-state index contributed by atoms with van der Waals surface area (Å²) in [7, 11) is 1.74. The van der Waals surface area contributed by atoms with Gasteiger partial charge in [-0.05, 0) is 32.4 Å². The van der Waals surface area contributed by atoms with Crippen LogP contribution in [-0.4, -0.2) is 45.9 Å². The highest BCUT2D eigenvalue weighted by atomic mass is 16.5. The van der Waals surface area contributed by atoms with Crippen LogP contribution in [0.25, 0.3) is 0 Å². The zero-order valence-corrected chi connectivity index (χ0v) is 13.0. The Morgan fingerprint density at radius 2 is 2.45 bits per heavy atom. The van der Waals surface area contributed by atoms with Crippen LogP contribution >= 0.6 is 0 Å². The molecule has 118 valence electrons. The van der Waals surface area contributed by atoms with Gasteiger partial charge in [0.1, 0.15) is 17.1 Å². The Bertz CT molecular complexity index is 642. The minimum absolute atomic E-state index is 0.108. The topological polar surface area (TPSA) is 76.2 Å². The molecule has 3 heterocycles. The van der Waals surface area contributed by atoms with Gasteiger partial charge >= 0.3 is 0 Å². The molecule has 0 spiro atoms. The third-order valence-electron chi connectivity index (χ3n) is 3.90. The number of piperidine rings is 1. The van der Waals surface area contributed by atoms with Gasteiger partial charge in [-0.15, -0.1) is 0 Å². The summed E-state index contributed by atoms with van der Waals surface area (Å²) in [6.45, 7) is 4.21. The number of aryl methyl sites for hydroxylation is 1. The molecule has 7 heteroatoms. The summed E-state index contributed by atoms with van der Waals surface area (Å²) in [4.78, 5) is 14.0. The summed E-state index contributed by atoms with van der Waals surface area (Å²) >= 11 is 0. The highest BCUT2D eigenvalue weighted by Gasteiger charge is 2.20. The molecule has 1 aliphatic rings. The Labute approximate surface area is 129 Å². The number of hydrogen-bond donors (Lipinski definition) is 1. The Balaban J connectivity index is 1.65. The van der Waals surface area contributed by atoms with E-state index in [1.807, 2.05) is 23.9 Å². The van der Waals surface area contributed by atoms with Gasteiger partial charge in [0, 0.05) is 25.9 Å². The molecule has 1 atom stereocenters. The van der Waals surface area contributed by atoms with Gasteiger partial charge in [0.25, 0.3) is 5.91 Å². The first-order valence-electron chi connectivity index (χ1n) is 7.57. The molecule has 7 nitrogen and oxygen atoms in total. The second kappa shape index (κ2) is 6.31. The van der Waals surface area contributed by atoms with E-state index in [9.17, 15) is 4.79 Å². The molecule has 3 rings (SSSR count). The first-order valence-corrected chi connectivity index (χ1v) is 7.57. The molecule has 1 N–H and O–H groups in total. The third kappa shape index (κ3) is 3.19. The Morgan fingerprint density at radius 3 is 3.14 bits per heavy atom. The van der Waals surface area contributed by atoms with Crippen molar-refractivity contribution in [2.24, 2.45) is 0 Å². The van der Waals surface area contributed by atoms with E-state index >= 15 is 0 Å². The molecule has 1 saturated heterocycles. The van der Waals surface area contributed by atoms with Crippen molar-refractivity contribution in [1.82, 2.24) is 25.2 Å². The molecule has 1 amide bonds. The van der Waals surface area contributed by atoms with E-state index in [0.717, 1.165) is 37.4 Å². The average Bonchev–Trinajstić information content (AvgIpc) is 3.17. The summed E-state index contributed by atoms with van der Waals surface area (Å²) < 4.78 is 6.92. The molecule has 0 bridgehead atoms. The summed E-state index contributed by atoms with van der Waals surface area (Å²) in [5.41, 5.74) is 1.21. The molecule has 22 heavy (non-hydrogen) atoms. The van der Waals surface area contributed by atoms with Crippen molar-refractivity contribution in [3.8, 4) is 0 Å². The van der Waals surface area contributed by atoms with E-state index < -0.39 is 0 Å². The highest BCUT2D eigenvalue weighted by Crippen LogP contribution is 2.16. The monoisotopic (exact) mass is 303 g/mol. The van der Waals surface area contributed by atoms with Gasteiger partial charge in [-0.25, -0.2) is 0 Å². The molecule has 2 aromatic rings. The molecule has 0 aliphatic carbocycles. The number of hydrogen-bond acceptors (Lipinski definition) is 5. The average molecular weight is 303 g/mol. The quantitative estimate of drug-likeness (QED) is 0.923. The largest absolute Gasteiger partial charge is 0.361 e. The molecule has 1 fully saturated rings. The fraction of sp³-hybridized carbons (Fsp3) is 0.533. The Morgan fingerprint density at radius 1 is 1.59 bits per heavy atom. The summed E-state index contributed by atoms with van der Waals surface area (Å²) in [6, 6.07) is 3.94. The van der Waals surface area contributed by atoms with Crippen LogP contribution in [-0.2, 0) is 6.54 Å². The fourth-order valence-corrected chi connectivity index (χ4v) is 2.72. The third-order valence-corrected chi connectivity index (χ3v) is 3.90.